The summed E-state index contributed by atoms with van der Waals surface area (Å²) in [5.74, 6) is 0.353. The van der Waals surface area contributed by atoms with Crippen LogP contribution < -0.4 is 5.73 Å². The lowest BCUT2D eigenvalue weighted by Gasteiger charge is -2.11. The van der Waals surface area contributed by atoms with Gasteiger partial charge >= 0.3 is 0 Å². The Morgan fingerprint density at radius 1 is 1.40 bits per heavy atom. The molecule has 2 N–H and O–H groups in total. The van der Waals surface area contributed by atoms with E-state index >= 15 is 0 Å². The number of nitrogens with two attached hydrogens (primary N) is 1. The van der Waals surface area contributed by atoms with Crippen molar-refractivity contribution < 1.29 is 13.7 Å². The van der Waals surface area contributed by atoms with Gasteiger partial charge in [0.2, 0.25) is 5.82 Å². The summed E-state index contributed by atoms with van der Waals surface area (Å²) >= 11 is 0. The van der Waals surface area contributed by atoms with E-state index in [-0.39, 0.29) is 11.8 Å². The number of nitrogens with zero attached hydrogens (tertiary/aromatic N) is 2. The first kappa shape index (κ1) is 14.5. The third-order valence-electron chi connectivity index (χ3n) is 2.89. The van der Waals surface area contributed by atoms with Crippen molar-refractivity contribution >= 4 is 5.69 Å². The van der Waals surface area contributed by atoms with Gasteiger partial charge in [0.25, 0.3) is 5.89 Å². The van der Waals surface area contributed by atoms with E-state index in [0.29, 0.717) is 23.9 Å². The molecule has 5 nitrogen and oxygen atoms in total. The van der Waals surface area contributed by atoms with E-state index < -0.39 is 5.82 Å². The van der Waals surface area contributed by atoms with Crippen LogP contribution in [0.25, 0.3) is 11.5 Å². The summed E-state index contributed by atoms with van der Waals surface area (Å²) in [4.78, 5) is 4.31. The van der Waals surface area contributed by atoms with Crippen LogP contribution in [-0.4, -0.2) is 16.7 Å². The van der Waals surface area contributed by atoms with E-state index in [1.165, 1.54) is 12.1 Å². The summed E-state index contributed by atoms with van der Waals surface area (Å²) in [6.07, 6.45) is 1.59. The molecule has 0 fully saturated rings. The number of benzene rings is 1. The van der Waals surface area contributed by atoms with Crippen LogP contribution in [-0.2, 0) is 4.74 Å². The maximum absolute atomic E-state index is 13.1. The number of nitrogen functional groups attached to an aromatic ring is 1. The Bertz CT molecular complexity index is 565. The number of aromatic nitrogens is 2. The van der Waals surface area contributed by atoms with Crippen LogP contribution in [0.3, 0.4) is 0 Å². The fourth-order valence-corrected chi connectivity index (χ4v) is 1.91. The highest BCUT2D eigenvalue weighted by molar-refractivity contribution is 5.60. The molecule has 2 rings (SSSR count). The van der Waals surface area contributed by atoms with Gasteiger partial charge in [0.1, 0.15) is 11.9 Å². The highest BCUT2D eigenvalue weighted by atomic mass is 19.1. The van der Waals surface area contributed by atoms with Crippen LogP contribution in [0, 0.1) is 5.82 Å². The van der Waals surface area contributed by atoms with Crippen LogP contribution in [0.4, 0.5) is 10.1 Å². The zero-order valence-corrected chi connectivity index (χ0v) is 11.6. The minimum Gasteiger partial charge on any atom is -0.396 e. The van der Waals surface area contributed by atoms with Crippen molar-refractivity contribution in [2.75, 3.05) is 12.3 Å². The van der Waals surface area contributed by atoms with E-state index in [4.69, 9.17) is 15.0 Å². The second-order valence-corrected chi connectivity index (χ2v) is 4.43. The quantitative estimate of drug-likeness (QED) is 0.821. The maximum atomic E-state index is 13.1. The average molecular weight is 279 g/mol. The van der Waals surface area contributed by atoms with Crippen LogP contribution in [0.1, 0.15) is 38.6 Å². The Balaban J connectivity index is 2.24. The zero-order valence-electron chi connectivity index (χ0n) is 11.6. The molecule has 0 saturated heterocycles. The van der Waals surface area contributed by atoms with Crippen LogP contribution >= 0.6 is 0 Å². The number of hydrogen-bond acceptors (Lipinski definition) is 5. The summed E-state index contributed by atoms with van der Waals surface area (Å²) in [5, 5.41) is 3.94. The monoisotopic (exact) mass is 279 g/mol. The van der Waals surface area contributed by atoms with Gasteiger partial charge in [-0.05, 0) is 31.5 Å². The molecule has 108 valence electrons. The van der Waals surface area contributed by atoms with E-state index in [1.807, 2.05) is 6.92 Å². The molecular weight excluding hydrogens is 261 g/mol. The van der Waals surface area contributed by atoms with Gasteiger partial charge in [-0.15, -0.1) is 0 Å². The number of anilines is 1. The summed E-state index contributed by atoms with van der Waals surface area (Å²) in [6, 6.07) is 4.31. The third kappa shape index (κ3) is 3.14. The average Bonchev–Trinajstić information content (AvgIpc) is 2.91. The molecule has 0 saturated carbocycles. The molecular formula is C14H18FN3O2. The summed E-state index contributed by atoms with van der Waals surface area (Å²) in [5.41, 5.74) is 6.18. The summed E-state index contributed by atoms with van der Waals surface area (Å²) in [7, 11) is 0. The van der Waals surface area contributed by atoms with Gasteiger partial charge in [-0.25, -0.2) is 4.39 Å². The standard InChI is InChI=1S/C14H18FN3O2/c1-3-5-12(19-4-2)13-17-14(20-18-13)9-6-7-10(15)11(16)8-9/h6-8,12H,3-5,16H2,1-2H3. The lowest BCUT2D eigenvalue weighted by molar-refractivity contribution is 0.0478. The van der Waals surface area contributed by atoms with Crippen molar-refractivity contribution in [3.05, 3.63) is 29.8 Å². The summed E-state index contributed by atoms with van der Waals surface area (Å²) < 4.78 is 23.9. The van der Waals surface area contributed by atoms with E-state index in [0.717, 1.165) is 12.8 Å². The van der Waals surface area contributed by atoms with Gasteiger partial charge < -0.3 is 15.0 Å². The maximum Gasteiger partial charge on any atom is 0.258 e. The predicted octanol–water partition coefficient (Wildman–Crippen LogP) is 3.34. The van der Waals surface area contributed by atoms with Gasteiger partial charge in [0.05, 0.1) is 5.69 Å². The minimum atomic E-state index is -0.466. The fourth-order valence-electron chi connectivity index (χ4n) is 1.91. The molecule has 6 heteroatoms. The van der Waals surface area contributed by atoms with Crippen molar-refractivity contribution in [2.24, 2.45) is 0 Å². The molecule has 0 aliphatic heterocycles. The molecule has 0 aliphatic carbocycles. The number of halogens is 1. The normalized spacial score (nSPS) is 12.6. The molecule has 0 radical (unpaired) electrons. The SMILES string of the molecule is CCCC(OCC)c1noc(-c2ccc(F)c(N)c2)n1. The first-order valence-corrected chi connectivity index (χ1v) is 6.66. The lowest BCUT2D eigenvalue weighted by atomic mass is 10.2. The molecule has 1 aromatic heterocycles. The first-order chi connectivity index (χ1) is 9.65. The van der Waals surface area contributed by atoms with E-state index in [2.05, 4.69) is 17.1 Å². The second-order valence-electron chi connectivity index (χ2n) is 4.43. The third-order valence-corrected chi connectivity index (χ3v) is 2.89. The molecule has 1 atom stereocenters. The fraction of sp³-hybridized carbons (Fsp3) is 0.429. The molecule has 1 aromatic carbocycles. The van der Waals surface area contributed by atoms with Crippen molar-refractivity contribution in [1.82, 2.24) is 10.1 Å². The number of ether oxygens (including phenoxy) is 1. The largest absolute Gasteiger partial charge is 0.396 e. The highest BCUT2D eigenvalue weighted by Crippen LogP contribution is 2.25. The Morgan fingerprint density at radius 3 is 2.85 bits per heavy atom. The van der Waals surface area contributed by atoms with E-state index in [9.17, 15) is 4.39 Å². The van der Waals surface area contributed by atoms with Crippen LogP contribution in [0.5, 0.6) is 0 Å². The minimum absolute atomic E-state index is 0.0529. The van der Waals surface area contributed by atoms with Gasteiger partial charge in [-0.3, -0.25) is 0 Å². The highest BCUT2D eigenvalue weighted by Gasteiger charge is 2.18. The van der Waals surface area contributed by atoms with Gasteiger partial charge in [-0.2, -0.15) is 4.98 Å². The van der Waals surface area contributed by atoms with Crippen LogP contribution in [0.15, 0.2) is 22.7 Å². The zero-order chi connectivity index (χ0) is 14.5. The number of rotatable bonds is 6. The molecule has 0 spiro atoms. The Hall–Kier alpha value is -1.95. The second kappa shape index (κ2) is 6.47. The summed E-state index contributed by atoms with van der Waals surface area (Å²) in [6.45, 7) is 4.57. The number of hydrogen-bond donors (Lipinski definition) is 1. The first-order valence-electron chi connectivity index (χ1n) is 6.66. The van der Waals surface area contributed by atoms with Crippen molar-refractivity contribution in [3.8, 4) is 11.5 Å². The predicted molar refractivity (Wildman–Crippen MR) is 73.4 cm³/mol. The molecule has 1 unspecified atom stereocenters. The van der Waals surface area contributed by atoms with Crippen molar-refractivity contribution in [3.63, 3.8) is 0 Å². The Morgan fingerprint density at radius 2 is 2.20 bits per heavy atom. The Labute approximate surface area is 116 Å². The van der Waals surface area contributed by atoms with Gasteiger partial charge in [0, 0.05) is 12.2 Å². The van der Waals surface area contributed by atoms with Crippen LogP contribution in [0.2, 0.25) is 0 Å². The van der Waals surface area contributed by atoms with Gasteiger partial charge in [0.15, 0.2) is 0 Å². The Kier molecular flexibility index (Phi) is 4.68. The topological polar surface area (TPSA) is 74.2 Å². The van der Waals surface area contributed by atoms with E-state index in [1.54, 1.807) is 6.07 Å². The molecule has 1 heterocycles. The molecule has 0 aliphatic rings. The molecule has 20 heavy (non-hydrogen) atoms. The van der Waals surface area contributed by atoms with Gasteiger partial charge in [-0.1, -0.05) is 18.5 Å². The molecule has 0 amide bonds. The molecule has 2 aromatic rings. The van der Waals surface area contributed by atoms with Crippen molar-refractivity contribution in [1.29, 1.82) is 0 Å². The lowest BCUT2D eigenvalue weighted by Crippen LogP contribution is -2.05. The van der Waals surface area contributed by atoms with Crippen molar-refractivity contribution in [2.45, 2.75) is 32.8 Å². The molecule has 0 bridgehead atoms. The smallest absolute Gasteiger partial charge is 0.258 e.